The van der Waals surface area contributed by atoms with Gasteiger partial charge >= 0.3 is 6.18 Å². The lowest BCUT2D eigenvalue weighted by atomic mass is 10.1. The quantitative estimate of drug-likeness (QED) is 0.832. The van der Waals surface area contributed by atoms with Crippen LogP contribution in [-0.4, -0.2) is 20.3 Å². The minimum atomic E-state index is -4.34. The van der Waals surface area contributed by atoms with Crippen LogP contribution in [0.25, 0.3) is 0 Å². The van der Waals surface area contributed by atoms with E-state index in [-0.39, 0.29) is 5.69 Å². The largest absolute Gasteiger partial charge is 0.418 e. The molecule has 0 aromatic heterocycles. The van der Waals surface area contributed by atoms with E-state index < -0.39 is 11.7 Å². The van der Waals surface area contributed by atoms with Crippen molar-refractivity contribution in [3.8, 4) is 0 Å². The molecule has 0 saturated heterocycles. The molecule has 1 aromatic rings. The SMILES string of the molecule is COCCCNc1cc(Br)ccc1C(F)(F)F. The number of benzene rings is 1. The Balaban J connectivity index is 2.77. The molecule has 0 radical (unpaired) electrons. The Kier molecular flexibility index (Phi) is 5.27. The molecular weight excluding hydrogens is 299 g/mol. The summed E-state index contributed by atoms with van der Waals surface area (Å²) in [6.45, 7) is 0.954. The van der Waals surface area contributed by atoms with Crippen LogP contribution >= 0.6 is 15.9 Å². The predicted octanol–water partition coefficient (Wildman–Crippen LogP) is 3.92. The summed E-state index contributed by atoms with van der Waals surface area (Å²) in [6.07, 6.45) is -3.69. The van der Waals surface area contributed by atoms with Gasteiger partial charge in [-0.1, -0.05) is 15.9 Å². The van der Waals surface area contributed by atoms with Crippen LogP contribution in [0.4, 0.5) is 18.9 Å². The van der Waals surface area contributed by atoms with Gasteiger partial charge in [0.05, 0.1) is 5.56 Å². The van der Waals surface area contributed by atoms with Crippen molar-refractivity contribution in [3.63, 3.8) is 0 Å². The molecule has 0 amide bonds. The Morgan fingerprint density at radius 1 is 1.35 bits per heavy atom. The van der Waals surface area contributed by atoms with E-state index in [4.69, 9.17) is 4.74 Å². The summed E-state index contributed by atoms with van der Waals surface area (Å²) in [5.74, 6) is 0. The van der Waals surface area contributed by atoms with Crippen LogP contribution in [0.3, 0.4) is 0 Å². The van der Waals surface area contributed by atoms with Crippen molar-refractivity contribution < 1.29 is 17.9 Å². The van der Waals surface area contributed by atoms with Crippen LogP contribution < -0.4 is 5.32 Å². The van der Waals surface area contributed by atoms with Crippen molar-refractivity contribution >= 4 is 21.6 Å². The predicted molar refractivity (Wildman–Crippen MR) is 64.1 cm³/mol. The van der Waals surface area contributed by atoms with Gasteiger partial charge in [-0.3, -0.25) is 0 Å². The molecular formula is C11H13BrF3NO. The Labute approximate surface area is 106 Å². The van der Waals surface area contributed by atoms with E-state index in [1.807, 2.05) is 0 Å². The van der Waals surface area contributed by atoms with E-state index in [0.29, 0.717) is 24.0 Å². The highest BCUT2D eigenvalue weighted by molar-refractivity contribution is 9.10. The highest BCUT2D eigenvalue weighted by Gasteiger charge is 2.33. The minimum Gasteiger partial charge on any atom is -0.385 e. The zero-order valence-corrected chi connectivity index (χ0v) is 10.9. The van der Waals surface area contributed by atoms with Crippen molar-refractivity contribution in [1.82, 2.24) is 0 Å². The number of hydrogen-bond acceptors (Lipinski definition) is 2. The molecule has 1 aromatic carbocycles. The molecule has 17 heavy (non-hydrogen) atoms. The highest BCUT2D eigenvalue weighted by Crippen LogP contribution is 2.36. The van der Waals surface area contributed by atoms with Gasteiger partial charge in [-0.15, -0.1) is 0 Å². The van der Waals surface area contributed by atoms with Crippen LogP contribution in [0.15, 0.2) is 22.7 Å². The third kappa shape index (κ3) is 4.55. The number of anilines is 1. The fraction of sp³-hybridized carbons (Fsp3) is 0.455. The molecule has 0 aliphatic rings. The molecule has 6 heteroatoms. The van der Waals surface area contributed by atoms with Crippen molar-refractivity contribution in [2.24, 2.45) is 0 Å². The van der Waals surface area contributed by atoms with Gasteiger partial charge in [0, 0.05) is 30.4 Å². The second-order valence-electron chi connectivity index (χ2n) is 3.46. The second kappa shape index (κ2) is 6.26. The van der Waals surface area contributed by atoms with Crippen molar-refractivity contribution in [2.45, 2.75) is 12.6 Å². The molecule has 96 valence electrons. The Bertz CT molecular complexity index is 368. The molecule has 0 spiro atoms. The monoisotopic (exact) mass is 311 g/mol. The molecule has 2 nitrogen and oxygen atoms in total. The van der Waals surface area contributed by atoms with Gasteiger partial charge in [0.2, 0.25) is 0 Å². The first-order valence-corrected chi connectivity index (χ1v) is 5.84. The third-order valence-electron chi connectivity index (χ3n) is 2.13. The summed E-state index contributed by atoms with van der Waals surface area (Å²) in [7, 11) is 1.56. The lowest BCUT2D eigenvalue weighted by Crippen LogP contribution is -2.12. The molecule has 0 fully saturated rings. The van der Waals surface area contributed by atoms with E-state index in [0.717, 1.165) is 6.07 Å². The normalized spacial score (nSPS) is 11.6. The fourth-order valence-electron chi connectivity index (χ4n) is 1.35. The standard InChI is InChI=1S/C11H13BrF3NO/c1-17-6-2-5-16-10-7-8(12)3-4-9(10)11(13,14)15/h3-4,7,16H,2,5-6H2,1H3. The molecule has 0 bridgehead atoms. The molecule has 0 unspecified atom stereocenters. The Morgan fingerprint density at radius 2 is 2.06 bits per heavy atom. The van der Waals surface area contributed by atoms with Gasteiger partial charge in [-0.2, -0.15) is 13.2 Å². The Hall–Kier alpha value is -0.750. The van der Waals surface area contributed by atoms with Crippen LogP contribution in [-0.2, 0) is 10.9 Å². The summed E-state index contributed by atoms with van der Waals surface area (Å²) < 4.78 is 43.5. The van der Waals surface area contributed by atoms with Crippen LogP contribution in [0.5, 0.6) is 0 Å². The first-order valence-electron chi connectivity index (χ1n) is 5.04. The summed E-state index contributed by atoms with van der Waals surface area (Å²) in [5, 5.41) is 2.77. The number of hydrogen-bond donors (Lipinski definition) is 1. The zero-order valence-electron chi connectivity index (χ0n) is 9.27. The average molecular weight is 312 g/mol. The number of methoxy groups -OCH3 is 1. The molecule has 0 heterocycles. The van der Waals surface area contributed by atoms with Crippen molar-refractivity contribution in [2.75, 3.05) is 25.6 Å². The highest BCUT2D eigenvalue weighted by atomic mass is 79.9. The van der Waals surface area contributed by atoms with Crippen LogP contribution in [0.1, 0.15) is 12.0 Å². The summed E-state index contributed by atoms with van der Waals surface area (Å²) in [6, 6.07) is 3.86. The van der Waals surface area contributed by atoms with E-state index in [1.165, 1.54) is 12.1 Å². The second-order valence-corrected chi connectivity index (χ2v) is 4.38. The summed E-state index contributed by atoms with van der Waals surface area (Å²) in [4.78, 5) is 0. The van der Waals surface area contributed by atoms with Gasteiger partial charge in [0.1, 0.15) is 0 Å². The maximum atomic E-state index is 12.7. The van der Waals surface area contributed by atoms with Gasteiger partial charge in [-0.25, -0.2) is 0 Å². The van der Waals surface area contributed by atoms with Gasteiger partial charge in [0.25, 0.3) is 0 Å². The number of ether oxygens (including phenoxy) is 1. The molecule has 1 rings (SSSR count). The maximum Gasteiger partial charge on any atom is 0.418 e. The molecule has 0 atom stereocenters. The number of halogens is 4. The van der Waals surface area contributed by atoms with E-state index in [1.54, 1.807) is 7.11 Å². The van der Waals surface area contributed by atoms with Gasteiger partial charge in [0.15, 0.2) is 0 Å². The molecule has 1 N–H and O–H groups in total. The van der Waals surface area contributed by atoms with E-state index in [2.05, 4.69) is 21.2 Å². The van der Waals surface area contributed by atoms with E-state index in [9.17, 15) is 13.2 Å². The average Bonchev–Trinajstić information content (AvgIpc) is 2.23. The maximum absolute atomic E-state index is 12.7. The molecule has 0 aliphatic heterocycles. The zero-order chi connectivity index (χ0) is 12.9. The fourth-order valence-corrected chi connectivity index (χ4v) is 1.71. The molecule has 0 saturated carbocycles. The smallest absolute Gasteiger partial charge is 0.385 e. The third-order valence-corrected chi connectivity index (χ3v) is 2.62. The lowest BCUT2D eigenvalue weighted by molar-refractivity contribution is -0.136. The van der Waals surface area contributed by atoms with Gasteiger partial charge < -0.3 is 10.1 Å². The van der Waals surface area contributed by atoms with Crippen LogP contribution in [0.2, 0.25) is 0 Å². The van der Waals surface area contributed by atoms with E-state index >= 15 is 0 Å². The topological polar surface area (TPSA) is 21.3 Å². The first kappa shape index (κ1) is 14.3. The number of alkyl halides is 3. The Morgan fingerprint density at radius 3 is 2.65 bits per heavy atom. The number of nitrogens with one attached hydrogen (secondary N) is 1. The van der Waals surface area contributed by atoms with Crippen molar-refractivity contribution in [1.29, 1.82) is 0 Å². The summed E-state index contributed by atoms with van der Waals surface area (Å²) >= 11 is 3.15. The number of rotatable bonds is 5. The first-order chi connectivity index (χ1) is 7.95. The minimum absolute atomic E-state index is 0.0861. The lowest BCUT2D eigenvalue weighted by Gasteiger charge is -2.14. The molecule has 0 aliphatic carbocycles. The van der Waals surface area contributed by atoms with Gasteiger partial charge in [-0.05, 0) is 24.6 Å². The van der Waals surface area contributed by atoms with Crippen LogP contribution in [0, 0.1) is 0 Å². The summed E-state index contributed by atoms with van der Waals surface area (Å²) in [5.41, 5.74) is -0.568. The van der Waals surface area contributed by atoms with Crippen molar-refractivity contribution in [3.05, 3.63) is 28.2 Å².